The molecule has 3 heterocycles. The minimum atomic E-state index is -1.20. The lowest BCUT2D eigenvalue weighted by atomic mass is 9.92. The number of benzene rings is 2. The van der Waals surface area contributed by atoms with Crippen molar-refractivity contribution in [3.05, 3.63) is 52.4 Å². The summed E-state index contributed by atoms with van der Waals surface area (Å²) in [6, 6.07) is 9.51. The fourth-order valence-corrected chi connectivity index (χ4v) is 3.92. The van der Waals surface area contributed by atoms with Crippen molar-refractivity contribution in [1.82, 2.24) is 20.2 Å². The minimum absolute atomic E-state index is 0.141. The van der Waals surface area contributed by atoms with Gasteiger partial charge < -0.3 is 30.1 Å². The highest BCUT2D eigenvalue weighted by atomic mass is 16.7. The molecular weight excluding hydrogens is 418 g/mol. The predicted octanol–water partition coefficient (Wildman–Crippen LogP) is 1.08. The van der Waals surface area contributed by atoms with Gasteiger partial charge in [0.05, 0.1) is 11.0 Å². The molecule has 2 aliphatic heterocycles. The van der Waals surface area contributed by atoms with E-state index < -0.39 is 29.9 Å². The largest absolute Gasteiger partial charge is 0.454 e. The summed E-state index contributed by atoms with van der Waals surface area (Å²) in [6.07, 6.45) is 0.226. The lowest BCUT2D eigenvalue weighted by Crippen LogP contribution is -2.46. The van der Waals surface area contributed by atoms with Crippen LogP contribution in [0.1, 0.15) is 12.5 Å². The summed E-state index contributed by atoms with van der Waals surface area (Å²) in [7, 11) is 0. The van der Waals surface area contributed by atoms with Crippen LogP contribution in [0.5, 0.6) is 11.5 Å². The number of rotatable bonds is 5. The van der Waals surface area contributed by atoms with E-state index in [2.05, 4.69) is 20.6 Å². The van der Waals surface area contributed by atoms with Crippen molar-refractivity contribution in [2.24, 2.45) is 0 Å². The highest BCUT2D eigenvalue weighted by Crippen LogP contribution is 2.34. The Morgan fingerprint density at radius 1 is 1.06 bits per heavy atom. The molecule has 2 aromatic carbocycles. The van der Waals surface area contributed by atoms with Crippen LogP contribution in [0.25, 0.3) is 11.0 Å². The summed E-state index contributed by atoms with van der Waals surface area (Å²) in [5.41, 5.74) is 0.776. The molecule has 164 valence electrons. The Morgan fingerprint density at radius 2 is 1.84 bits per heavy atom. The van der Waals surface area contributed by atoms with E-state index >= 15 is 0 Å². The van der Waals surface area contributed by atoms with E-state index in [-0.39, 0.29) is 18.9 Å². The summed E-state index contributed by atoms with van der Waals surface area (Å²) in [5.74, 6) is 0.166. The number of amides is 4. The third kappa shape index (κ3) is 3.43. The van der Waals surface area contributed by atoms with Crippen molar-refractivity contribution in [2.45, 2.75) is 18.9 Å². The van der Waals surface area contributed by atoms with Crippen molar-refractivity contribution >= 4 is 34.6 Å². The smallest absolute Gasteiger partial charge is 0.325 e. The number of ether oxygens (including phenoxy) is 2. The number of fused-ring (bicyclic) bond motifs is 2. The van der Waals surface area contributed by atoms with E-state index in [1.54, 1.807) is 43.3 Å². The van der Waals surface area contributed by atoms with Gasteiger partial charge in [-0.25, -0.2) is 9.59 Å². The average Bonchev–Trinajstić information content (AvgIpc) is 3.40. The van der Waals surface area contributed by atoms with Gasteiger partial charge in [-0.3, -0.25) is 14.5 Å². The quantitative estimate of drug-likeness (QED) is 0.440. The van der Waals surface area contributed by atoms with Crippen LogP contribution >= 0.6 is 0 Å². The SMILES string of the molecule is C[C@]1(Cc2ccc3c(c2)OCO3)NC(=O)N(CC(=O)Nc2ccc3[nH]c(=O)[nH]c3c2)C1=O. The van der Waals surface area contributed by atoms with E-state index in [4.69, 9.17) is 9.47 Å². The van der Waals surface area contributed by atoms with E-state index in [9.17, 15) is 19.2 Å². The van der Waals surface area contributed by atoms with Crippen molar-refractivity contribution in [2.75, 3.05) is 18.7 Å². The number of hydrogen-bond donors (Lipinski definition) is 4. The first-order valence-electron chi connectivity index (χ1n) is 9.85. The third-order valence-electron chi connectivity index (χ3n) is 5.44. The van der Waals surface area contributed by atoms with Gasteiger partial charge >= 0.3 is 11.7 Å². The molecular formula is C21H19N5O6. The highest BCUT2D eigenvalue weighted by molar-refractivity contribution is 6.10. The van der Waals surface area contributed by atoms with E-state index in [0.29, 0.717) is 28.2 Å². The van der Waals surface area contributed by atoms with Crippen LogP contribution in [0.2, 0.25) is 0 Å². The van der Waals surface area contributed by atoms with Gasteiger partial charge in [0.25, 0.3) is 5.91 Å². The number of aromatic nitrogens is 2. The molecule has 4 N–H and O–H groups in total. The second-order valence-corrected chi connectivity index (χ2v) is 7.91. The van der Waals surface area contributed by atoms with Crippen LogP contribution in [0.3, 0.4) is 0 Å². The number of carbonyl (C=O) groups is 3. The number of imidazole rings is 1. The maximum Gasteiger partial charge on any atom is 0.325 e. The summed E-state index contributed by atoms with van der Waals surface area (Å²) in [5, 5.41) is 5.32. The first kappa shape index (κ1) is 19.7. The zero-order valence-corrected chi connectivity index (χ0v) is 17.0. The van der Waals surface area contributed by atoms with E-state index in [1.165, 1.54) is 0 Å². The number of hydrogen-bond acceptors (Lipinski definition) is 6. The molecule has 5 rings (SSSR count). The predicted molar refractivity (Wildman–Crippen MR) is 112 cm³/mol. The number of aromatic amines is 2. The molecule has 1 saturated heterocycles. The normalized spacial score (nSPS) is 19.5. The van der Waals surface area contributed by atoms with Gasteiger partial charge in [-0.1, -0.05) is 6.07 Å². The molecule has 11 nitrogen and oxygen atoms in total. The number of nitrogens with one attached hydrogen (secondary N) is 4. The fourth-order valence-electron chi connectivity index (χ4n) is 3.92. The number of nitrogens with zero attached hydrogens (tertiary/aromatic N) is 1. The fraction of sp³-hybridized carbons (Fsp3) is 0.238. The Hall–Kier alpha value is -4.28. The summed E-state index contributed by atoms with van der Waals surface area (Å²) in [6.45, 7) is 1.32. The molecule has 3 aromatic rings. The molecule has 0 radical (unpaired) electrons. The Kier molecular flexibility index (Phi) is 4.40. The topological polar surface area (TPSA) is 146 Å². The summed E-state index contributed by atoms with van der Waals surface area (Å²) in [4.78, 5) is 55.4. The molecule has 1 aromatic heterocycles. The second-order valence-electron chi connectivity index (χ2n) is 7.91. The molecule has 0 bridgehead atoms. The first-order valence-corrected chi connectivity index (χ1v) is 9.85. The maximum absolute atomic E-state index is 13.0. The number of urea groups is 1. The van der Waals surface area contributed by atoms with Gasteiger partial charge in [-0.2, -0.15) is 0 Å². The Morgan fingerprint density at radius 3 is 2.69 bits per heavy atom. The minimum Gasteiger partial charge on any atom is -0.454 e. The van der Waals surface area contributed by atoms with Crippen LogP contribution in [0.4, 0.5) is 10.5 Å². The van der Waals surface area contributed by atoms with Crippen LogP contribution in [-0.2, 0) is 16.0 Å². The third-order valence-corrected chi connectivity index (χ3v) is 5.44. The maximum atomic E-state index is 13.0. The van der Waals surface area contributed by atoms with Crippen molar-refractivity contribution < 1.29 is 23.9 Å². The van der Waals surface area contributed by atoms with Crippen LogP contribution in [0, 0.1) is 0 Å². The Bertz CT molecular complexity index is 1330. The molecule has 0 aliphatic carbocycles. The van der Waals surface area contributed by atoms with Gasteiger partial charge in [0.2, 0.25) is 12.7 Å². The lowest BCUT2D eigenvalue weighted by molar-refractivity contribution is -0.133. The molecule has 32 heavy (non-hydrogen) atoms. The van der Waals surface area contributed by atoms with Gasteiger partial charge in [0, 0.05) is 12.1 Å². The van der Waals surface area contributed by atoms with Gasteiger partial charge in [0.15, 0.2) is 11.5 Å². The monoisotopic (exact) mass is 437 g/mol. The van der Waals surface area contributed by atoms with Crippen LogP contribution in [-0.4, -0.2) is 51.6 Å². The number of anilines is 1. The van der Waals surface area contributed by atoms with E-state index in [1.807, 2.05) is 0 Å². The lowest BCUT2D eigenvalue weighted by Gasteiger charge is -2.22. The molecule has 0 unspecified atom stereocenters. The molecule has 1 fully saturated rings. The number of H-pyrrole nitrogens is 2. The highest BCUT2D eigenvalue weighted by Gasteiger charge is 2.48. The summed E-state index contributed by atoms with van der Waals surface area (Å²) >= 11 is 0. The Balaban J connectivity index is 1.27. The molecule has 1 atom stereocenters. The van der Waals surface area contributed by atoms with Crippen LogP contribution in [0.15, 0.2) is 41.2 Å². The zero-order valence-electron chi connectivity index (χ0n) is 17.0. The average molecular weight is 437 g/mol. The molecule has 0 spiro atoms. The van der Waals surface area contributed by atoms with E-state index in [0.717, 1.165) is 10.5 Å². The molecule has 11 heteroatoms. The van der Waals surface area contributed by atoms with Crippen LogP contribution < -0.4 is 25.8 Å². The molecule has 0 saturated carbocycles. The first-order chi connectivity index (χ1) is 15.3. The molecule has 2 aliphatic rings. The van der Waals surface area contributed by atoms with Gasteiger partial charge in [-0.15, -0.1) is 0 Å². The van der Waals surface area contributed by atoms with Gasteiger partial charge in [0.1, 0.15) is 12.1 Å². The van der Waals surface area contributed by atoms with Crippen molar-refractivity contribution in [3.63, 3.8) is 0 Å². The summed E-state index contributed by atoms with van der Waals surface area (Å²) < 4.78 is 10.7. The van der Waals surface area contributed by atoms with Gasteiger partial charge in [-0.05, 0) is 42.8 Å². The second kappa shape index (κ2) is 7.15. The molecule has 4 amide bonds. The number of imide groups is 1. The zero-order chi connectivity index (χ0) is 22.5. The standard InChI is InChI=1S/C21H19N5O6/c1-21(8-11-2-5-15-16(6-11)32-10-31-15)18(28)26(20(30)25-21)9-17(27)22-12-3-4-13-14(7-12)24-19(29)23-13/h2-7H,8-10H2,1H3,(H,22,27)(H,25,30)(H2,23,24,29)/t21-/m1/s1. The Labute approximate surface area is 180 Å². The van der Waals surface area contributed by atoms with Crippen molar-refractivity contribution in [1.29, 1.82) is 0 Å². The number of carbonyl (C=O) groups excluding carboxylic acids is 3. The van der Waals surface area contributed by atoms with Crippen molar-refractivity contribution in [3.8, 4) is 11.5 Å².